The minimum Gasteiger partial charge on any atom is -0.460 e. The van der Waals surface area contributed by atoms with Gasteiger partial charge in [0.05, 0.1) is 41.6 Å². The third-order valence-electron chi connectivity index (χ3n) is 18.1. The average Bonchev–Trinajstić information content (AvgIpc) is 2.90. The van der Waals surface area contributed by atoms with E-state index < -0.39 is 101 Å². The number of ether oxygens (including phenoxy) is 6. The second kappa shape index (κ2) is 29.8. The number of methoxy groups -OCH3 is 3. The zero-order valence-electron chi connectivity index (χ0n) is 51.3. The van der Waals surface area contributed by atoms with Gasteiger partial charge in [0.25, 0.3) is 11.7 Å². The number of allylic oxidation sites excluding steroid dienone is 1. The number of para-hydroxylation sites is 1. The summed E-state index contributed by atoms with van der Waals surface area (Å²) in [6.07, 6.45) is 8.06. The third kappa shape index (κ3) is 16.5. The molecule has 6 heterocycles. The predicted molar refractivity (Wildman–Crippen MR) is 315 cm³/mol. The molecule has 6 aliphatic rings. The average molecular weight is 1170 g/mol. The van der Waals surface area contributed by atoms with Gasteiger partial charge >= 0.3 is 11.9 Å². The van der Waals surface area contributed by atoms with Crippen LogP contribution in [0.2, 0.25) is 0 Å². The van der Waals surface area contributed by atoms with E-state index in [2.05, 4.69) is 18.0 Å². The summed E-state index contributed by atoms with van der Waals surface area (Å²) in [5.41, 5.74) is 1.82. The molecule has 4 bridgehead atoms. The summed E-state index contributed by atoms with van der Waals surface area (Å²) in [4.78, 5) is 98.4. The lowest BCUT2D eigenvalue weighted by atomic mass is 9.78. The van der Waals surface area contributed by atoms with Gasteiger partial charge in [-0.3, -0.25) is 33.8 Å². The van der Waals surface area contributed by atoms with Gasteiger partial charge in [0, 0.05) is 77.3 Å². The van der Waals surface area contributed by atoms with Gasteiger partial charge in [-0.1, -0.05) is 70.2 Å². The normalized spacial score (nSPS) is 33.6. The summed E-state index contributed by atoms with van der Waals surface area (Å²) in [7, 11) is 4.55. The van der Waals surface area contributed by atoms with Gasteiger partial charge in [-0.15, -0.1) is 0 Å². The second-order valence-corrected chi connectivity index (χ2v) is 25.2. The van der Waals surface area contributed by atoms with Crippen LogP contribution >= 0.6 is 0 Å². The highest BCUT2D eigenvalue weighted by molar-refractivity contribution is 6.39. The van der Waals surface area contributed by atoms with Gasteiger partial charge < -0.3 is 43.5 Å². The van der Waals surface area contributed by atoms with E-state index >= 15 is 0 Å². The quantitative estimate of drug-likeness (QED) is 0.122. The number of nitrogens with zero attached hydrogens (tertiary/aromatic N) is 3. The number of ketones is 3. The molecular weight excluding hydrogens is 1070 g/mol. The number of hydrogen-bond acceptors (Lipinski definition) is 17. The highest BCUT2D eigenvalue weighted by Crippen LogP contribution is 2.39. The first-order chi connectivity index (χ1) is 40.0. The minimum absolute atomic E-state index is 0.0120. The Morgan fingerprint density at radius 1 is 0.857 bits per heavy atom. The topological polar surface area (TPSA) is 227 Å². The molecule has 1 aliphatic carbocycles. The van der Waals surface area contributed by atoms with Crippen LogP contribution in [0.3, 0.4) is 0 Å². The van der Waals surface area contributed by atoms with Crippen LogP contribution in [0.1, 0.15) is 145 Å². The van der Waals surface area contributed by atoms with Crippen LogP contribution in [-0.4, -0.2) is 150 Å². The van der Waals surface area contributed by atoms with E-state index in [0.717, 1.165) is 17.0 Å². The Kier molecular flexibility index (Phi) is 23.4. The fraction of sp³-hybridized carbons (Fsp3) is 0.652. The zero-order chi connectivity index (χ0) is 61.0. The summed E-state index contributed by atoms with van der Waals surface area (Å²) in [6, 6.07) is 13.8. The van der Waals surface area contributed by atoms with Crippen LogP contribution in [0.5, 0.6) is 0 Å². The number of anilines is 1. The first-order valence-electron chi connectivity index (χ1n) is 30.4. The number of Topliss-reactive ketones (excluding diaryl/α,β-unsaturated/α-hetero) is 3. The molecule has 1 amide bonds. The number of aliphatic hydroxyl groups is 2. The molecule has 8 rings (SSSR count). The number of esters is 2. The van der Waals surface area contributed by atoms with E-state index in [4.69, 9.17) is 33.3 Å². The number of aliphatic hydroxyl groups excluding tert-OH is 1. The number of pyridine rings is 1. The molecule has 1 aromatic heterocycles. The van der Waals surface area contributed by atoms with Crippen LogP contribution in [0.25, 0.3) is 0 Å². The number of fused-ring (bicyclic) bond motifs is 16. The first-order valence-corrected chi connectivity index (χ1v) is 30.4. The number of benzene rings is 1. The smallest absolute Gasteiger partial charge is 0.329 e. The Labute approximate surface area is 497 Å². The molecule has 0 radical (unpaired) electrons. The van der Waals surface area contributed by atoms with Crippen LogP contribution in [0.15, 0.2) is 90.2 Å². The Hall–Kier alpha value is -5.47. The number of hydrogen-bond donors (Lipinski definition) is 2. The molecule has 84 heavy (non-hydrogen) atoms. The summed E-state index contributed by atoms with van der Waals surface area (Å²) in [5, 5.41) is 25.7. The van der Waals surface area contributed by atoms with Gasteiger partial charge in [-0.2, -0.15) is 0 Å². The Morgan fingerprint density at radius 3 is 2.29 bits per heavy atom. The number of aromatic nitrogens is 1. The molecule has 2 N–H and O–H groups in total. The molecule has 1 saturated carbocycles. The molecule has 18 heteroatoms. The second-order valence-electron chi connectivity index (χ2n) is 25.2. The van der Waals surface area contributed by atoms with Crippen molar-refractivity contribution < 1.29 is 72.2 Å². The van der Waals surface area contributed by atoms with Crippen molar-refractivity contribution in [3.63, 3.8) is 0 Å². The van der Waals surface area contributed by atoms with Crippen LogP contribution in [-0.2, 0) is 68.4 Å². The summed E-state index contributed by atoms with van der Waals surface area (Å²) in [6.45, 7) is 14.8. The minimum atomic E-state index is -2.46. The van der Waals surface area contributed by atoms with Gasteiger partial charge in [0.15, 0.2) is 11.6 Å². The fourth-order valence-corrected chi connectivity index (χ4v) is 13.0. The number of rotatable bonds is 11. The monoisotopic (exact) mass is 1170 g/mol. The molecular formula is C66H93N3O15. The molecule has 3 fully saturated rings. The number of hydroxylamine groups is 1. The van der Waals surface area contributed by atoms with E-state index in [0.29, 0.717) is 64.2 Å². The van der Waals surface area contributed by atoms with Crippen molar-refractivity contribution in [1.82, 2.24) is 9.88 Å². The lowest BCUT2D eigenvalue weighted by Crippen LogP contribution is -2.58. The van der Waals surface area contributed by atoms with E-state index in [-0.39, 0.29) is 73.2 Å². The predicted octanol–water partition coefficient (Wildman–Crippen LogP) is 8.78. The standard InChI is InChI=1S/C66H93N3O15/c1-40-32-44(5)58(71)60(80-11)59(72)45(6)33-41(2)53(70)38-56(42(3)34-46-25-28-54(57(36-46)79-10)82-64(76)65(7,8)39-47-20-15-17-30-67-47)81-63(75)52-24-16-18-31-68(52)62(74)61(73)66(77)29-19-23-49(83-66)37-55(78-9)43(4)35-50-26-27-51(40)69(84-50)48-21-13-12-14-22-48/h12-15,17,20-22,26-27,30,33,35,40,42,44-46,49-52,54-57,59-60,72,77H,16,18-19,23-25,28-29,31-32,34,36-39H2,1-11H3/t40-,42+,44+,45?,46-,49-,50?,51?,52-,54+,55-,56-,57+,59+,60-,66+/m0/s1. The number of piperidine rings is 1. The zero-order valence-corrected chi connectivity index (χ0v) is 51.3. The third-order valence-corrected chi connectivity index (χ3v) is 18.1. The maximum Gasteiger partial charge on any atom is 0.329 e. The molecule has 16 atom stereocenters. The van der Waals surface area contributed by atoms with E-state index in [9.17, 15) is 39.0 Å². The van der Waals surface area contributed by atoms with Crippen molar-refractivity contribution in [3.8, 4) is 0 Å². The SMILES string of the molecule is CO[C@H]1C[C@@H]2CCC[C@@](O)(O2)C(=O)C(=O)N2CCCC[C@H]2C(=O)O[C@H]([C@H](C)C[C@@H]2CC[C@@H](OC(=O)C(C)(C)Cc3ccccn3)[C@H](OC)C2)CC(=O)C(C)=CC(C)[C@@H](O)[C@@H](OC)C(=O)[C@H](C)C[C@H](C)C2C=CC(C=C1C)ON2c1ccccc1. The largest absolute Gasteiger partial charge is 0.460 e. The molecule has 3 unspecified atom stereocenters. The van der Waals surface area contributed by atoms with Crippen molar-refractivity contribution in [2.24, 2.45) is 35.0 Å². The number of amides is 1. The highest BCUT2D eigenvalue weighted by Gasteiger charge is 2.50. The molecule has 0 spiro atoms. The molecule has 18 nitrogen and oxygen atoms in total. The maximum atomic E-state index is 14.7. The summed E-state index contributed by atoms with van der Waals surface area (Å²) >= 11 is 0. The number of carbonyl (C=O) groups is 6. The molecule has 1 aromatic carbocycles. The number of carbonyl (C=O) groups excluding carboxylic acids is 6. The van der Waals surface area contributed by atoms with Crippen molar-refractivity contribution in [2.75, 3.05) is 32.9 Å². The Bertz CT molecular complexity index is 2660. The molecule has 462 valence electrons. The van der Waals surface area contributed by atoms with Crippen molar-refractivity contribution >= 4 is 40.9 Å². The maximum absolute atomic E-state index is 14.7. The molecule has 2 saturated heterocycles. The highest BCUT2D eigenvalue weighted by atomic mass is 16.7. The van der Waals surface area contributed by atoms with Crippen LogP contribution in [0, 0.1) is 35.0 Å². The summed E-state index contributed by atoms with van der Waals surface area (Å²) < 4.78 is 36.5. The van der Waals surface area contributed by atoms with Gasteiger partial charge in [0.1, 0.15) is 30.5 Å². The van der Waals surface area contributed by atoms with Gasteiger partial charge in [-0.05, 0) is 151 Å². The van der Waals surface area contributed by atoms with Gasteiger partial charge in [-0.25, -0.2) is 9.86 Å². The fourth-order valence-electron chi connectivity index (χ4n) is 13.0. The molecule has 2 aromatic rings. The lowest BCUT2D eigenvalue weighted by molar-refractivity contribution is -0.245. The van der Waals surface area contributed by atoms with E-state index in [1.807, 2.05) is 100 Å². The van der Waals surface area contributed by atoms with Gasteiger partial charge in [0.2, 0.25) is 5.79 Å². The van der Waals surface area contributed by atoms with Crippen LogP contribution in [0.4, 0.5) is 5.69 Å². The first kappa shape index (κ1) is 66.1. The lowest BCUT2D eigenvalue weighted by Gasteiger charge is -2.40. The van der Waals surface area contributed by atoms with Crippen molar-refractivity contribution in [2.45, 2.75) is 212 Å². The van der Waals surface area contributed by atoms with E-state index in [1.165, 1.54) is 12.0 Å². The molecule has 5 aliphatic heterocycles. The Balaban J connectivity index is 1.16. The summed E-state index contributed by atoms with van der Waals surface area (Å²) in [5.74, 6) is -8.30. The van der Waals surface area contributed by atoms with Crippen molar-refractivity contribution in [3.05, 3.63) is 95.9 Å². The Morgan fingerprint density at radius 2 is 1.60 bits per heavy atom. The van der Waals surface area contributed by atoms with Crippen molar-refractivity contribution in [1.29, 1.82) is 0 Å². The van der Waals surface area contributed by atoms with E-state index in [1.54, 1.807) is 40.3 Å². The van der Waals surface area contributed by atoms with Crippen LogP contribution < -0.4 is 5.06 Å².